The number of Topliss-reactive ketones (excluding diaryl/α,β-unsaturated/α-hetero) is 1. The molecule has 1 aromatic rings. The summed E-state index contributed by atoms with van der Waals surface area (Å²) in [6.45, 7) is 4.77. The van der Waals surface area contributed by atoms with Crippen molar-refractivity contribution in [1.29, 1.82) is 0 Å². The van der Waals surface area contributed by atoms with Crippen LogP contribution in [0.1, 0.15) is 20.8 Å². The fourth-order valence-corrected chi connectivity index (χ4v) is 1.66. The highest BCUT2D eigenvalue weighted by atomic mass is 19.1. The lowest BCUT2D eigenvalue weighted by Gasteiger charge is -2.19. The molecular weight excluding hydrogens is 249 g/mol. The summed E-state index contributed by atoms with van der Waals surface area (Å²) in [4.78, 5) is 23.0. The van der Waals surface area contributed by atoms with Crippen molar-refractivity contribution in [2.24, 2.45) is 5.92 Å². The third-order valence-corrected chi connectivity index (χ3v) is 2.62. The molecule has 0 aliphatic heterocycles. The van der Waals surface area contributed by atoms with Gasteiger partial charge in [0.15, 0.2) is 24.0 Å². The van der Waals surface area contributed by atoms with Crippen LogP contribution in [0.15, 0.2) is 24.3 Å². The fraction of sp³-hybridized carbons (Fsp3) is 0.429. The van der Waals surface area contributed by atoms with Crippen LogP contribution in [0.2, 0.25) is 0 Å². The lowest BCUT2D eigenvalue weighted by Crippen LogP contribution is -2.45. The number of benzene rings is 1. The van der Waals surface area contributed by atoms with E-state index < -0.39 is 17.8 Å². The Morgan fingerprint density at radius 3 is 2.47 bits per heavy atom. The molecule has 0 aromatic heterocycles. The van der Waals surface area contributed by atoms with Gasteiger partial charge in [0.2, 0.25) is 0 Å². The van der Waals surface area contributed by atoms with Crippen molar-refractivity contribution >= 4 is 11.7 Å². The fourth-order valence-electron chi connectivity index (χ4n) is 1.66. The van der Waals surface area contributed by atoms with Gasteiger partial charge in [-0.3, -0.25) is 9.59 Å². The number of amides is 1. The van der Waals surface area contributed by atoms with Gasteiger partial charge in [-0.05, 0) is 25.0 Å². The number of ether oxygens (including phenoxy) is 1. The first-order valence-corrected chi connectivity index (χ1v) is 6.09. The highest BCUT2D eigenvalue weighted by Crippen LogP contribution is 2.15. The van der Waals surface area contributed by atoms with Crippen molar-refractivity contribution < 1.29 is 18.7 Å². The molecule has 0 saturated carbocycles. The zero-order valence-corrected chi connectivity index (χ0v) is 11.3. The molecule has 1 N–H and O–H groups in total. The van der Waals surface area contributed by atoms with Gasteiger partial charge in [-0.2, -0.15) is 0 Å². The Morgan fingerprint density at radius 2 is 1.95 bits per heavy atom. The molecule has 0 spiro atoms. The van der Waals surface area contributed by atoms with Crippen molar-refractivity contribution in [2.45, 2.75) is 26.8 Å². The largest absolute Gasteiger partial charge is 0.481 e. The van der Waals surface area contributed by atoms with E-state index in [1.165, 1.54) is 25.1 Å². The Hall–Kier alpha value is -1.91. The van der Waals surface area contributed by atoms with Crippen LogP contribution in [-0.2, 0) is 9.59 Å². The van der Waals surface area contributed by atoms with Gasteiger partial charge in [0.05, 0.1) is 6.04 Å². The van der Waals surface area contributed by atoms with E-state index in [9.17, 15) is 14.0 Å². The number of carbonyl (C=O) groups excluding carboxylic acids is 2. The van der Waals surface area contributed by atoms with Crippen molar-refractivity contribution in [3.63, 3.8) is 0 Å². The number of nitrogens with one attached hydrogen (secondary N) is 1. The summed E-state index contributed by atoms with van der Waals surface area (Å²) in [6, 6.07) is 5.29. The molecule has 4 nitrogen and oxygen atoms in total. The number of para-hydroxylation sites is 1. The SMILES string of the molecule is CC(=O)C(NC(=O)COc1ccccc1F)C(C)C. The smallest absolute Gasteiger partial charge is 0.258 e. The summed E-state index contributed by atoms with van der Waals surface area (Å²) >= 11 is 0. The summed E-state index contributed by atoms with van der Waals surface area (Å²) < 4.78 is 18.3. The molecule has 0 aliphatic carbocycles. The number of halogens is 1. The maximum absolute atomic E-state index is 13.2. The number of hydrogen-bond acceptors (Lipinski definition) is 3. The van der Waals surface area contributed by atoms with Crippen molar-refractivity contribution in [3.8, 4) is 5.75 Å². The third kappa shape index (κ3) is 4.69. The minimum atomic E-state index is -0.545. The minimum absolute atomic E-state index is 0.00471. The first-order valence-electron chi connectivity index (χ1n) is 6.09. The van der Waals surface area contributed by atoms with E-state index in [4.69, 9.17) is 4.74 Å². The zero-order chi connectivity index (χ0) is 14.4. The number of carbonyl (C=O) groups is 2. The van der Waals surface area contributed by atoms with E-state index in [1.54, 1.807) is 6.07 Å². The summed E-state index contributed by atoms with van der Waals surface area (Å²) in [5.74, 6) is -1.08. The molecule has 0 aliphatic rings. The monoisotopic (exact) mass is 267 g/mol. The van der Waals surface area contributed by atoms with Crippen LogP contribution < -0.4 is 10.1 Å². The highest BCUT2D eigenvalue weighted by Gasteiger charge is 2.20. The van der Waals surface area contributed by atoms with E-state index in [2.05, 4.69) is 5.32 Å². The van der Waals surface area contributed by atoms with Gasteiger partial charge in [0, 0.05) is 0 Å². The van der Waals surface area contributed by atoms with Crippen LogP contribution in [-0.4, -0.2) is 24.3 Å². The molecule has 1 unspecified atom stereocenters. The second kappa shape index (κ2) is 6.87. The van der Waals surface area contributed by atoms with Crippen LogP contribution in [0.25, 0.3) is 0 Å². The van der Waals surface area contributed by atoms with E-state index in [-0.39, 0.29) is 24.1 Å². The summed E-state index contributed by atoms with van der Waals surface area (Å²) in [5.41, 5.74) is 0. The van der Waals surface area contributed by atoms with Gasteiger partial charge in [-0.25, -0.2) is 4.39 Å². The van der Waals surface area contributed by atoms with E-state index in [0.717, 1.165) is 0 Å². The second-order valence-electron chi connectivity index (χ2n) is 4.62. The molecule has 5 heteroatoms. The second-order valence-corrected chi connectivity index (χ2v) is 4.62. The Labute approximate surface area is 112 Å². The van der Waals surface area contributed by atoms with Crippen molar-refractivity contribution in [3.05, 3.63) is 30.1 Å². The number of hydrogen-bond donors (Lipinski definition) is 1. The van der Waals surface area contributed by atoms with E-state index in [1.807, 2.05) is 13.8 Å². The molecule has 1 aromatic carbocycles. The molecule has 0 bridgehead atoms. The Morgan fingerprint density at radius 1 is 1.32 bits per heavy atom. The van der Waals surface area contributed by atoms with Crippen LogP contribution in [0.3, 0.4) is 0 Å². The average molecular weight is 267 g/mol. The maximum atomic E-state index is 13.2. The van der Waals surface area contributed by atoms with Gasteiger partial charge in [-0.15, -0.1) is 0 Å². The lowest BCUT2D eigenvalue weighted by atomic mass is 10.0. The molecule has 0 saturated heterocycles. The molecular formula is C14H18FNO3. The highest BCUT2D eigenvalue weighted by molar-refractivity contribution is 5.88. The Bertz CT molecular complexity index is 460. The number of rotatable bonds is 6. The average Bonchev–Trinajstić information content (AvgIpc) is 2.34. The maximum Gasteiger partial charge on any atom is 0.258 e. The Balaban J connectivity index is 2.52. The van der Waals surface area contributed by atoms with Crippen molar-refractivity contribution in [1.82, 2.24) is 5.32 Å². The molecule has 0 fully saturated rings. The summed E-state index contributed by atoms with van der Waals surface area (Å²) in [5, 5.41) is 2.57. The number of ketones is 1. The van der Waals surface area contributed by atoms with Gasteiger partial charge in [-0.1, -0.05) is 26.0 Å². The van der Waals surface area contributed by atoms with E-state index >= 15 is 0 Å². The van der Waals surface area contributed by atoms with Gasteiger partial charge >= 0.3 is 0 Å². The summed E-state index contributed by atoms with van der Waals surface area (Å²) in [7, 11) is 0. The first kappa shape index (κ1) is 15.1. The van der Waals surface area contributed by atoms with E-state index in [0.29, 0.717) is 0 Å². The van der Waals surface area contributed by atoms with Gasteiger partial charge in [0.1, 0.15) is 0 Å². The lowest BCUT2D eigenvalue weighted by molar-refractivity contribution is -0.129. The zero-order valence-electron chi connectivity index (χ0n) is 11.3. The predicted octanol–water partition coefficient (Wildman–Crippen LogP) is 1.93. The van der Waals surface area contributed by atoms with Crippen LogP contribution in [0.4, 0.5) is 4.39 Å². The molecule has 104 valence electrons. The van der Waals surface area contributed by atoms with Gasteiger partial charge in [0.25, 0.3) is 5.91 Å². The summed E-state index contributed by atoms with van der Waals surface area (Å²) in [6.07, 6.45) is 0. The molecule has 1 rings (SSSR count). The molecule has 0 heterocycles. The standard InChI is InChI=1S/C14H18FNO3/c1-9(2)14(10(3)17)16-13(18)8-19-12-7-5-4-6-11(12)15/h4-7,9,14H,8H2,1-3H3,(H,16,18). The van der Waals surface area contributed by atoms with Crippen LogP contribution in [0, 0.1) is 11.7 Å². The Kier molecular flexibility index (Phi) is 5.48. The third-order valence-electron chi connectivity index (χ3n) is 2.62. The predicted molar refractivity (Wildman–Crippen MR) is 69.3 cm³/mol. The van der Waals surface area contributed by atoms with Crippen molar-refractivity contribution in [2.75, 3.05) is 6.61 Å². The topological polar surface area (TPSA) is 55.4 Å². The minimum Gasteiger partial charge on any atom is -0.481 e. The van der Waals surface area contributed by atoms with Crippen LogP contribution >= 0.6 is 0 Å². The molecule has 1 amide bonds. The quantitative estimate of drug-likeness (QED) is 0.857. The van der Waals surface area contributed by atoms with Gasteiger partial charge < -0.3 is 10.1 Å². The molecule has 1 atom stereocenters. The molecule has 0 radical (unpaired) electrons. The first-order chi connectivity index (χ1) is 8.91. The molecule has 19 heavy (non-hydrogen) atoms. The normalized spacial score (nSPS) is 12.1. The van der Waals surface area contributed by atoms with Crippen LogP contribution in [0.5, 0.6) is 5.75 Å².